The molecule has 1 amide bonds. The fourth-order valence-electron chi connectivity index (χ4n) is 2.37. The maximum Gasteiger partial charge on any atom is 0.410 e. The summed E-state index contributed by atoms with van der Waals surface area (Å²) in [6.45, 7) is 8.69. The highest BCUT2D eigenvalue weighted by atomic mass is 16.6. The number of nitrogens with zero attached hydrogens (tertiary/aromatic N) is 3. The predicted octanol–water partition coefficient (Wildman–Crippen LogP) is 1.64. The van der Waals surface area contributed by atoms with E-state index in [9.17, 15) is 4.79 Å². The summed E-state index contributed by atoms with van der Waals surface area (Å²) in [6.07, 6.45) is 5.72. The summed E-state index contributed by atoms with van der Waals surface area (Å²) < 4.78 is 7.30. The average Bonchev–Trinajstić information content (AvgIpc) is 2.76. The Labute approximate surface area is 126 Å². The summed E-state index contributed by atoms with van der Waals surface area (Å²) in [5.41, 5.74) is 6.30. The van der Waals surface area contributed by atoms with Gasteiger partial charge in [0.05, 0.1) is 6.20 Å². The lowest BCUT2D eigenvalue weighted by molar-refractivity contribution is -0.00383. The lowest BCUT2D eigenvalue weighted by Crippen LogP contribution is -2.52. The summed E-state index contributed by atoms with van der Waals surface area (Å²) >= 11 is 0. The number of aryl methyl sites for hydroxylation is 1. The molecule has 2 rings (SSSR count). The number of hydrogen-bond donors (Lipinski definition) is 1. The number of rotatable bonds is 5. The summed E-state index contributed by atoms with van der Waals surface area (Å²) in [6, 6.07) is 0. The molecule has 0 aliphatic carbocycles. The van der Waals surface area contributed by atoms with Gasteiger partial charge < -0.3 is 15.4 Å². The molecule has 0 aromatic carbocycles. The molecule has 0 atom stereocenters. The Bertz CT molecular complexity index is 472. The van der Waals surface area contributed by atoms with Crippen LogP contribution in [0.2, 0.25) is 0 Å². The maximum atomic E-state index is 11.8. The molecule has 0 saturated carbocycles. The van der Waals surface area contributed by atoms with E-state index in [1.165, 1.54) is 5.56 Å². The van der Waals surface area contributed by atoms with Crippen molar-refractivity contribution >= 4 is 6.09 Å². The number of aromatic nitrogens is 2. The minimum atomic E-state index is -0.429. The minimum absolute atomic E-state index is 0.220. The third kappa shape index (κ3) is 4.74. The van der Waals surface area contributed by atoms with Crippen LogP contribution < -0.4 is 5.73 Å². The molecular formula is C15H26N4O2. The summed E-state index contributed by atoms with van der Waals surface area (Å²) in [4.78, 5) is 13.6. The van der Waals surface area contributed by atoms with E-state index in [2.05, 4.69) is 11.3 Å². The van der Waals surface area contributed by atoms with Gasteiger partial charge in [0, 0.05) is 31.7 Å². The van der Waals surface area contributed by atoms with Gasteiger partial charge in [0.15, 0.2) is 0 Å². The van der Waals surface area contributed by atoms with Gasteiger partial charge in [-0.1, -0.05) is 0 Å². The van der Waals surface area contributed by atoms with E-state index in [1.54, 1.807) is 4.90 Å². The first kappa shape index (κ1) is 15.8. The number of carbonyl (C=O) groups excluding carboxylic acids is 1. The molecule has 118 valence electrons. The standard InChI is InChI=1S/C15H26N4O2/c1-15(2,3)21-14(20)18-8-13(9-18)11-19-10-12(7-17-19)5-4-6-16/h7,10,13H,4-6,8-9,11,16H2,1-3H3. The third-order valence-electron chi connectivity index (χ3n) is 3.41. The molecular weight excluding hydrogens is 268 g/mol. The molecule has 21 heavy (non-hydrogen) atoms. The second-order valence-electron chi connectivity index (χ2n) is 6.71. The van der Waals surface area contributed by atoms with Crippen molar-refractivity contribution < 1.29 is 9.53 Å². The van der Waals surface area contributed by atoms with Crippen molar-refractivity contribution in [2.75, 3.05) is 19.6 Å². The molecule has 6 heteroatoms. The normalized spacial score (nSPS) is 15.9. The SMILES string of the molecule is CC(C)(C)OC(=O)N1CC(Cn2cc(CCCN)cn2)C1. The molecule has 6 nitrogen and oxygen atoms in total. The van der Waals surface area contributed by atoms with Gasteiger partial charge in [-0.05, 0) is 45.7 Å². The van der Waals surface area contributed by atoms with E-state index >= 15 is 0 Å². The molecule has 2 heterocycles. The van der Waals surface area contributed by atoms with E-state index in [0.29, 0.717) is 12.5 Å². The second-order valence-corrected chi connectivity index (χ2v) is 6.71. The number of ether oxygens (including phenoxy) is 1. The zero-order chi connectivity index (χ0) is 15.5. The first-order chi connectivity index (χ1) is 9.87. The van der Waals surface area contributed by atoms with E-state index in [1.807, 2.05) is 31.6 Å². The molecule has 1 aliphatic rings. The number of hydrogen-bond acceptors (Lipinski definition) is 4. The summed E-state index contributed by atoms with van der Waals surface area (Å²) in [5, 5.41) is 4.36. The van der Waals surface area contributed by atoms with Gasteiger partial charge in [0.25, 0.3) is 0 Å². The molecule has 1 aromatic heterocycles. The predicted molar refractivity (Wildman–Crippen MR) is 80.9 cm³/mol. The maximum absolute atomic E-state index is 11.8. The van der Waals surface area contributed by atoms with Crippen LogP contribution >= 0.6 is 0 Å². The molecule has 0 bridgehead atoms. The zero-order valence-electron chi connectivity index (χ0n) is 13.2. The van der Waals surface area contributed by atoms with Crippen LogP contribution in [0.4, 0.5) is 4.79 Å². The van der Waals surface area contributed by atoms with Crippen molar-refractivity contribution in [3.63, 3.8) is 0 Å². The fraction of sp³-hybridized carbons (Fsp3) is 0.733. The Balaban J connectivity index is 1.73. The Morgan fingerprint density at radius 1 is 1.48 bits per heavy atom. The van der Waals surface area contributed by atoms with Gasteiger partial charge in [0.1, 0.15) is 5.60 Å². The highest BCUT2D eigenvalue weighted by molar-refractivity contribution is 5.69. The number of likely N-dealkylation sites (tertiary alicyclic amines) is 1. The van der Waals surface area contributed by atoms with E-state index < -0.39 is 5.60 Å². The van der Waals surface area contributed by atoms with E-state index in [-0.39, 0.29) is 6.09 Å². The molecule has 0 radical (unpaired) electrons. The Morgan fingerprint density at radius 3 is 2.81 bits per heavy atom. The van der Waals surface area contributed by atoms with Crippen LogP contribution in [0.1, 0.15) is 32.8 Å². The van der Waals surface area contributed by atoms with Crippen LogP contribution in [-0.4, -0.2) is 46.0 Å². The smallest absolute Gasteiger partial charge is 0.410 e. The molecule has 1 saturated heterocycles. The highest BCUT2D eigenvalue weighted by Gasteiger charge is 2.33. The summed E-state index contributed by atoms with van der Waals surface area (Å²) in [5.74, 6) is 0.458. The van der Waals surface area contributed by atoms with Crippen molar-refractivity contribution in [3.05, 3.63) is 18.0 Å². The van der Waals surface area contributed by atoms with Crippen LogP contribution in [0.3, 0.4) is 0 Å². The van der Waals surface area contributed by atoms with E-state index in [0.717, 1.165) is 32.5 Å². The van der Waals surface area contributed by atoms with Crippen LogP contribution in [0.15, 0.2) is 12.4 Å². The molecule has 0 spiro atoms. The largest absolute Gasteiger partial charge is 0.444 e. The van der Waals surface area contributed by atoms with Crippen molar-refractivity contribution in [1.82, 2.24) is 14.7 Å². The Morgan fingerprint density at radius 2 is 2.19 bits per heavy atom. The molecule has 0 unspecified atom stereocenters. The molecule has 1 aromatic rings. The lowest BCUT2D eigenvalue weighted by Gasteiger charge is -2.39. The van der Waals surface area contributed by atoms with Crippen molar-refractivity contribution in [2.24, 2.45) is 11.7 Å². The quantitative estimate of drug-likeness (QED) is 0.896. The van der Waals surface area contributed by atoms with Gasteiger partial charge >= 0.3 is 6.09 Å². The van der Waals surface area contributed by atoms with Gasteiger partial charge in [0.2, 0.25) is 0 Å². The number of nitrogens with two attached hydrogens (primary N) is 1. The van der Waals surface area contributed by atoms with Crippen LogP contribution in [-0.2, 0) is 17.7 Å². The first-order valence-corrected chi connectivity index (χ1v) is 7.56. The van der Waals surface area contributed by atoms with Gasteiger partial charge in [-0.25, -0.2) is 4.79 Å². The van der Waals surface area contributed by atoms with Gasteiger partial charge in [-0.3, -0.25) is 4.68 Å². The highest BCUT2D eigenvalue weighted by Crippen LogP contribution is 2.21. The molecule has 2 N–H and O–H groups in total. The van der Waals surface area contributed by atoms with Crippen LogP contribution in [0.5, 0.6) is 0 Å². The zero-order valence-corrected chi connectivity index (χ0v) is 13.2. The number of carbonyl (C=O) groups is 1. The second kappa shape index (κ2) is 6.47. The monoisotopic (exact) mass is 294 g/mol. The molecule has 1 fully saturated rings. The average molecular weight is 294 g/mol. The van der Waals surface area contributed by atoms with Crippen molar-refractivity contribution in [3.8, 4) is 0 Å². The van der Waals surface area contributed by atoms with Crippen LogP contribution in [0.25, 0.3) is 0 Å². The lowest BCUT2D eigenvalue weighted by atomic mass is 10.0. The Kier molecular flexibility index (Phi) is 4.88. The third-order valence-corrected chi connectivity index (χ3v) is 3.41. The van der Waals surface area contributed by atoms with E-state index in [4.69, 9.17) is 10.5 Å². The van der Waals surface area contributed by atoms with Crippen molar-refractivity contribution in [1.29, 1.82) is 0 Å². The topological polar surface area (TPSA) is 73.4 Å². The van der Waals surface area contributed by atoms with Crippen LogP contribution in [0, 0.1) is 5.92 Å². The minimum Gasteiger partial charge on any atom is -0.444 e. The van der Waals surface area contributed by atoms with Crippen molar-refractivity contribution in [2.45, 2.75) is 45.8 Å². The first-order valence-electron chi connectivity index (χ1n) is 7.56. The summed E-state index contributed by atoms with van der Waals surface area (Å²) in [7, 11) is 0. The Hall–Kier alpha value is -1.56. The fourth-order valence-corrected chi connectivity index (χ4v) is 2.37. The number of amides is 1. The van der Waals surface area contributed by atoms with Gasteiger partial charge in [-0.2, -0.15) is 5.10 Å². The molecule has 1 aliphatic heterocycles. The van der Waals surface area contributed by atoms with Gasteiger partial charge in [-0.15, -0.1) is 0 Å².